The lowest BCUT2D eigenvalue weighted by molar-refractivity contribution is -0.161. The van der Waals surface area contributed by atoms with Crippen molar-refractivity contribution in [2.45, 2.75) is 180 Å². The summed E-state index contributed by atoms with van der Waals surface area (Å²) in [6.45, 7) is 3.58. The van der Waals surface area contributed by atoms with E-state index in [1.807, 2.05) is 6.08 Å². The number of unbranched alkanes of at least 4 members (excludes halogenated alkanes) is 15. The summed E-state index contributed by atoms with van der Waals surface area (Å²) in [4.78, 5) is 42.7. The van der Waals surface area contributed by atoms with Gasteiger partial charge in [-0.2, -0.15) is 0 Å². The van der Waals surface area contributed by atoms with Gasteiger partial charge in [0.05, 0.1) is 18.8 Å². The Balaban J connectivity index is 2.14. The van der Waals surface area contributed by atoms with E-state index in [0.717, 1.165) is 44.9 Å². The van der Waals surface area contributed by atoms with Crippen LogP contribution in [0.4, 0.5) is 0 Å². The molecule has 278 valence electrons. The third kappa shape index (κ3) is 29.2. The molecule has 0 spiro atoms. The van der Waals surface area contributed by atoms with E-state index in [9.17, 15) is 14.2 Å². The maximum absolute atomic E-state index is 12.4. The van der Waals surface area contributed by atoms with Crippen molar-refractivity contribution in [2.24, 2.45) is 0 Å². The fraction of sp³-hybridized carbons (Fsp3) is 0.789. The second kappa shape index (κ2) is 30.1. The van der Waals surface area contributed by atoms with Crippen molar-refractivity contribution in [3.8, 4) is 0 Å². The van der Waals surface area contributed by atoms with Crippen molar-refractivity contribution >= 4 is 19.8 Å². The first kappa shape index (κ1) is 44.3. The standard InChI is InChI=1S/C38H67O9P/c1-3-5-7-9-11-12-13-14-15-18-22-26-30-37(39)44-32-34(33-45-48(41,42)43)46-38(40)31-27-23-19-16-17-21-25-29-36-35(47-36)28-24-20-10-8-6-4-2/h16,19-21,24-25,34-36H,3-15,17-18,22-23,26-33H2,1-2H3,(H2,41,42,43)/b19-16-,24-20-,25-21-/t34-,35?,36?/m1/s1. The predicted molar refractivity (Wildman–Crippen MR) is 192 cm³/mol. The van der Waals surface area contributed by atoms with Gasteiger partial charge in [0.2, 0.25) is 0 Å². The molecule has 1 aliphatic rings. The third-order valence-corrected chi connectivity index (χ3v) is 8.80. The third-order valence-electron chi connectivity index (χ3n) is 8.31. The minimum absolute atomic E-state index is 0.132. The number of carbonyl (C=O) groups excluding carboxylic acids is 2. The van der Waals surface area contributed by atoms with Crippen molar-refractivity contribution in [1.82, 2.24) is 0 Å². The van der Waals surface area contributed by atoms with Gasteiger partial charge in [0, 0.05) is 12.8 Å². The predicted octanol–water partition coefficient (Wildman–Crippen LogP) is 10.00. The first-order chi connectivity index (χ1) is 23.2. The Bertz CT molecular complexity index is 942. The lowest BCUT2D eigenvalue weighted by atomic mass is 10.0. The zero-order valence-electron chi connectivity index (χ0n) is 30.1. The average molecular weight is 699 g/mol. The van der Waals surface area contributed by atoms with Gasteiger partial charge >= 0.3 is 19.8 Å². The molecule has 9 nitrogen and oxygen atoms in total. The van der Waals surface area contributed by atoms with Gasteiger partial charge in [0.1, 0.15) is 6.61 Å². The first-order valence-electron chi connectivity index (χ1n) is 18.9. The summed E-state index contributed by atoms with van der Waals surface area (Å²) in [5, 5.41) is 0. The van der Waals surface area contributed by atoms with Crippen LogP contribution in [0.15, 0.2) is 36.5 Å². The van der Waals surface area contributed by atoms with E-state index in [1.54, 1.807) is 0 Å². The maximum Gasteiger partial charge on any atom is 0.469 e. The van der Waals surface area contributed by atoms with Crippen LogP contribution in [-0.4, -0.2) is 53.3 Å². The Kier molecular flexibility index (Phi) is 27.7. The van der Waals surface area contributed by atoms with Crippen LogP contribution in [0.2, 0.25) is 0 Å². The molecule has 0 bridgehead atoms. The molecule has 0 amide bonds. The SMILES string of the molecule is CCCCC/C=C\CC1OC1C/C=C\C/C=C\CCCC(=O)O[C@H](COC(=O)CCCCCCCCCCCCCC)COP(=O)(O)O. The summed E-state index contributed by atoms with van der Waals surface area (Å²) >= 11 is 0. The molecular weight excluding hydrogens is 631 g/mol. The number of phosphoric ester groups is 1. The molecule has 0 radical (unpaired) electrons. The van der Waals surface area contributed by atoms with Gasteiger partial charge in [0.15, 0.2) is 6.10 Å². The van der Waals surface area contributed by atoms with Crippen LogP contribution in [-0.2, 0) is 32.9 Å². The van der Waals surface area contributed by atoms with E-state index in [2.05, 4.69) is 48.8 Å². The molecule has 2 unspecified atom stereocenters. The number of carbonyl (C=O) groups is 2. The average Bonchev–Trinajstić information content (AvgIpc) is 3.81. The van der Waals surface area contributed by atoms with Gasteiger partial charge < -0.3 is 24.0 Å². The highest BCUT2D eigenvalue weighted by atomic mass is 31.2. The Hall–Kier alpha value is -1.77. The lowest BCUT2D eigenvalue weighted by Crippen LogP contribution is -2.29. The Morgan fingerprint density at radius 3 is 1.77 bits per heavy atom. The van der Waals surface area contributed by atoms with E-state index in [4.69, 9.17) is 24.0 Å². The normalized spacial score (nSPS) is 17.1. The van der Waals surface area contributed by atoms with Crippen LogP contribution in [0.25, 0.3) is 0 Å². The van der Waals surface area contributed by atoms with Gasteiger partial charge in [-0.15, -0.1) is 0 Å². The number of phosphoric acid groups is 1. The van der Waals surface area contributed by atoms with Gasteiger partial charge in [-0.3, -0.25) is 14.1 Å². The van der Waals surface area contributed by atoms with E-state index in [1.165, 1.54) is 77.0 Å². The van der Waals surface area contributed by atoms with Crippen molar-refractivity contribution in [3.63, 3.8) is 0 Å². The van der Waals surface area contributed by atoms with Gasteiger partial charge in [-0.25, -0.2) is 4.57 Å². The van der Waals surface area contributed by atoms with Gasteiger partial charge in [-0.1, -0.05) is 134 Å². The number of hydrogen-bond acceptors (Lipinski definition) is 7. The highest BCUT2D eigenvalue weighted by molar-refractivity contribution is 7.46. The molecule has 0 aromatic rings. The second-order valence-corrected chi connectivity index (χ2v) is 14.2. The molecular formula is C38H67O9P. The largest absolute Gasteiger partial charge is 0.469 e. The quantitative estimate of drug-likeness (QED) is 0.0226. The fourth-order valence-electron chi connectivity index (χ4n) is 5.35. The van der Waals surface area contributed by atoms with Crippen LogP contribution in [0.1, 0.15) is 162 Å². The van der Waals surface area contributed by atoms with Crippen LogP contribution in [0, 0.1) is 0 Å². The zero-order chi connectivity index (χ0) is 35.1. The molecule has 1 heterocycles. The smallest absolute Gasteiger partial charge is 0.462 e. The molecule has 0 aliphatic carbocycles. The van der Waals surface area contributed by atoms with Crippen molar-refractivity contribution < 1.29 is 42.7 Å². The molecule has 0 aromatic heterocycles. The minimum atomic E-state index is -4.77. The highest BCUT2D eigenvalue weighted by Gasteiger charge is 2.36. The molecule has 0 aromatic carbocycles. The molecule has 1 saturated heterocycles. The fourth-order valence-corrected chi connectivity index (χ4v) is 5.71. The summed E-state index contributed by atoms with van der Waals surface area (Å²) in [7, 11) is -4.77. The number of ether oxygens (including phenoxy) is 3. The molecule has 1 fully saturated rings. The Morgan fingerprint density at radius 1 is 0.646 bits per heavy atom. The Morgan fingerprint density at radius 2 is 1.15 bits per heavy atom. The number of rotatable bonds is 33. The molecule has 48 heavy (non-hydrogen) atoms. The molecule has 1 aliphatic heterocycles. The molecule has 2 N–H and O–H groups in total. The van der Waals surface area contributed by atoms with E-state index < -0.39 is 32.5 Å². The van der Waals surface area contributed by atoms with Crippen molar-refractivity contribution in [3.05, 3.63) is 36.5 Å². The number of epoxide rings is 1. The number of hydrogen-bond donors (Lipinski definition) is 2. The van der Waals surface area contributed by atoms with E-state index >= 15 is 0 Å². The second-order valence-electron chi connectivity index (χ2n) is 12.9. The molecule has 3 atom stereocenters. The van der Waals surface area contributed by atoms with E-state index in [0.29, 0.717) is 25.0 Å². The maximum atomic E-state index is 12.4. The van der Waals surface area contributed by atoms with Crippen LogP contribution >= 0.6 is 7.82 Å². The topological polar surface area (TPSA) is 132 Å². The van der Waals surface area contributed by atoms with Crippen LogP contribution in [0.3, 0.4) is 0 Å². The van der Waals surface area contributed by atoms with Crippen LogP contribution in [0.5, 0.6) is 0 Å². The van der Waals surface area contributed by atoms with Crippen molar-refractivity contribution in [2.75, 3.05) is 13.2 Å². The van der Waals surface area contributed by atoms with Gasteiger partial charge in [-0.05, 0) is 51.4 Å². The number of esters is 2. The Labute approximate surface area is 291 Å². The molecule has 1 rings (SSSR count). The van der Waals surface area contributed by atoms with E-state index in [-0.39, 0.29) is 19.4 Å². The van der Waals surface area contributed by atoms with Gasteiger partial charge in [0.25, 0.3) is 0 Å². The number of allylic oxidation sites excluding steroid dienone is 4. The van der Waals surface area contributed by atoms with Crippen molar-refractivity contribution in [1.29, 1.82) is 0 Å². The highest BCUT2D eigenvalue weighted by Crippen LogP contribution is 2.36. The summed E-state index contributed by atoms with van der Waals surface area (Å²) < 4.78 is 32.0. The first-order valence-corrected chi connectivity index (χ1v) is 20.4. The summed E-state index contributed by atoms with van der Waals surface area (Å²) in [6, 6.07) is 0. The summed E-state index contributed by atoms with van der Waals surface area (Å²) in [5.41, 5.74) is 0. The monoisotopic (exact) mass is 698 g/mol. The minimum Gasteiger partial charge on any atom is -0.462 e. The van der Waals surface area contributed by atoms with Crippen LogP contribution < -0.4 is 0 Å². The zero-order valence-corrected chi connectivity index (χ0v) is 31.0. The summed E-state index contributed by atoms with van der Waals surface area (Å²) in [6.07, 6.45) is 36.1. The lowest BCUT2D eigenvalue weighted by Gasteiger charge is -2.18. The molecule has 10 heteroatoms. The molecule has 0 saturated carbocycles. The summed E-state index contributed by atoms with van der Waals surface area (Å²) in [5.74, 6) is -0.956.